The number of aliphatic hydroxyl groups is 1. The van der Waals surface area contributed by atoms with Gasteiger partial charge in [0.1, 0.15) is 0 Å². The van der Waals surface area contributed by atoms with Crippen molar-refractivity contribution in [3.05, 3.63) is 118 Å². The van der Waals surface area contributed by atoms with Gasteiger partial charge in [0.2, 0.25) is 0 Å². The van der Waals surface area contributed by atoms with Crippen LogP contribution in [0.5, 0.6) is 0 Å². The highest BCUT2D eigenvalue weighted by molar-refractivity contribution is 9.10. The van der Waals surface area contributed by atoms with Gasteiger partial charge >= 0.3 is 0 Å². The van der Waals surface area contributed by atoms with Gasteiger partial charge in [0.15, 0.2) is 0 Å². The Labute approximate surface area is 192 Å². The van der Waals surface area contributed by atoms with Crippen LogP contribution in [0, 0.1) is 5.92 Å². The first-order chi connectivity index (χ1) is 15.2. The van der Waals surface area contributed by atoms with Crippen LogP contribution in [0.4, 0.5) is 0 Å². The Kier molecular flexibility index (Phi) is 5.91. The molecule has 0 aromatic heterocycles. The van der Waals surface area contributed by atoms with Crippen LogP contribution in [0.15, 0.2) is 102 Å². The molecule has 0 saturated carbocycles. The fraction of sp³-hybridized carbons (Fsp3) is 0.214. The van der Waals surface area contributed by atoms with E-state index in [2.05, 4.69) is 118 Å². The molecular weight excluding hydrogens is 446 g/mol. The summed E-state index contributed by atoms with van der Waals surface area (Å²) in [5, 5.41) is 14.0. The van der Waals surface area contributed by atoms with Gasteiger partial charge in [0.25, 0.3) is 0 Å². The molecule has 0 bridgehead atoms. The zero-order valence-electron chi connectivity index (χ0n) is 17.4. The van der Waals surface area contributed by atoms with Gasteiger partial charge in [-0.05, 0) is 39.6 Å². The van der Waals surface area contributed by atoms with Gasteiger partial charge in [-0.3, -0.25) is 4.90 Å². The van der Waals surface area contributed by atoms with E-state index in [9.17, 15) is 5.11 Å². The van der Waals surface area contributed by atoms with Crippen molar-refractivity contribution in [2.75, 3.05) is 13.1 Å². The average Bonchev–Trinajstić information content (AvgIpc) is 3.23. The zero-order chi connectivity index (χ0) is 21.2. The van der Waals surface area contributed by atoms with Crippen LogP contribution in [-0.4, -0.2) is 23.1 Å². The number of hydrogen-bond donors (Lipinski definition) is 1. The van der Waals surface area contributed by atoms with Crippen LogP contribution in [0.2, 0.25) is 0 Å². The van der Waals surface area contributed by atoms with Crippen molar-refractivity contribution in [1.82, 2.24) is 4.90 Å². The first-order valence-corrected chi connectivity index (χ1v) is 11.7. The molecule has 1 aliphatic rings. The predicted molar refractivity (Wildman–Crippen MR) is 131 cm³/mol. The van der Waals surface area contributed by atoms with Crippen molar-refractivity contribution < 1.29 is 5.11 Å². The van der Waals surface area contributed by atoms with E-state index in [0.717, 1.165) is 35.1 Å². The van der Waals surface area contributed by atoms with E-state index in [1.54, 1.807) is 0 Å². The summed E-state index contributed by atoms with van der Waals surface area (Å²) in [7, 11) is 0. The Hall–Kier alpha value is -2.46. The first-order valence-electron chi connectivity index (χ1n) is 10.9. The Morgan fingerprint density at radius 3 is 2.32 bits per heavy atom. The Balaban J connectivity index is 1.49. The standard InChI is InChI=1S/C28H26BrNO/c29-23-15-13-22(14-16-23)26-18-30(17-20-7-2-1-3-8-20)19-27(26)28(31)25-12-6-10-21-9-4-5-11-24(21)25/h1-16,26-28,31H,17-19H2/t26-,27+,28?/m1/s1. The molecule has 0 aliphatic carbocycles. The van der Waals surface area contributed by atoms with Crippen LogP contribution in [0.1, 0.15) is 28.7 Å². The third kappa shape index (κ3) is 4.31. The number of hydrogen-bond acceptors (Lipinski definition) is 2. The maximum Gasteiger partial charge on any atom is 0.0842 e. The van der Waals surface area contributed by atoms with Gasteiger partial charge in [-0.2, -0.15) is 0 Å². The summed E-state index contributed by atoms with van der Waals surface area (Å²) in [4.78, 5) is 2.49. The smallest absolute Gasteiger partial charge is 0.0842 e. The number of rotatable bonds is 5. The quantitative estimate of drug-likeness (QED) is 0.356. The molecule has 0 amide bonds. The lowest BCUT2D eigenvalue weighted by Crippen LogP contribution is -2.22. The minimum absolute atomic E-state index is 0.135. The van der Waals surface area contributed by atoms with Crippen LogP contribution in [0.25, 0.3) is 10.8 Å². The molecule has 4 aromatic carbocycles. The molecule has 0 radical (unpaired) electrons. The Morgan fingerprint density at radius 2 is 1.52 bits per heavy atom. The molecule has 31 heavy (non-hydrogen) atoms. The van der Waals surface area contributed by atoms with Crippen LogP contribution < -0.4 is 0 Å². The predicted octanol–water partition coefficient (Wildman–Crippen LogP) is 6.55. The molecule has 2 nitrogen and oxygen atoms in total. The highest BCUT2D eigenvalue weighted by Crippen LogP contribution is 2.42. The largest absolute Gasteiger partial charge is 0.388 e. The van der Waals surface area contributed by atoms with Crippen molar-refractivity contribution in [1.29, 1.82) is 0 Å². The molecule has 1 aliphatic heterocycles. The number of likely N-dealkylation sites (tertiary alicyclic amines) is 1. The third-order valence-corrected chi connectivity index (χ3v) is 7.06. The SMILES string of the molecule is OC(c1cccc2ccccc12)[C@H]1CN(Cc2ccccc2)C[C@@H]1c1ccc(Br)cc1. The number of fused-ring (bicyclic) bond motifs is 1. The zero-order valence-corrected chi connectivity index (χ0v) is 18.9. The molecule has 1 fully saturated rings. The molecule has 4 aromatic rings. The van der Waals surface area contributed by atoms with Crippen molar-refractivity contribution in [2.45, 2.75) is 18.6 Å². The minimum Gasteiger partial charge on any atom is -0.388 e. The van der Waals surface area contributed by atoms with E-state index in [1.165, 1.54) is 16.5 Å². The highest BCUT2D eigenvalue weighted by Gasteiger charge is 2.39. The summed E-state index contributed by atoms with van der Waals surface area (Å²) >= 11 is 3.56. The summed E-state index contributed by atoms with van der Waals surface area (Å²) in [6.45, 7) is 2.73. The molecule has 1 N–H and O–H groups in total. The summed E-state index contributed by atoms with van der Waals surface area (Å²) < 4.78 is 1.08. The molecule has 156 valence electrons. The molecule has 1 heterocycles. The topological polar surface area (TPSA) is 23.5 Å². The fourth-order valence-electron chi connectivity index (χ4n) is 5.01. The van der Waals surface area contributed by atoms with Crippen molar-refractivity contribution in [2.24, 2.45) is 5.92 Å². The van der Waals surface area contributed by atoms with Crippen LogP contribution in [-0.2, 0) is 6.54 Å². The summed E-state index contributed by atoms with van der Waals surface area (Å²) in [6, 6.07) is 33.9. The monoisotopic (exact) mass is 471 g/mol. The van der Waals surface area contributed by atoms with E-state index in [-0.39, 0.29) is 11.8 Å². The van der Waals surface area contributed by atoms with Gasteiger partial charge in [0.05, 0.1) is 6.10 Å². The molecule has 3 heteroatoms. The Morgan fingerprint density at radius 1 is 0.806 bits per heavy atom. The first kappa shape index (κ1) is 20.4. The summed E-state index contributed by atoms with van der Waals surface area (Å²) in [5.74, 6) is 0.418. The molecule has 1 saturated heterocycles. The highest BCUT2D eigenvalue weighted by atomic mass is 79.9. The van der Waals surface area contributed by atoms with Gasteiger partial charge in [-0.15, -0.1) is 0 Å². The molecule has 5 rings (SSSR count). The number of aliphatic hydroxyl groups excluding tert-OH is 1. The average molecular weight is 472 g/mol. The Bertz CT molecular complexity index is 1150. The van der Waals surface area contributed by atoms with E-state index in [1.807, 2.05) is 0 Å². The van der Waals surface area contributed by atoms with Crippen molar-refractivity contribution in [3.8, 4) is 0 Å². The van der Waals surface area contributed by atoms with E-state index < -0.39 is 6.10 Å². The van der Waals surface area contributed by atoms with E-state index in [4.69, 9.17) is 0 Å². The lowest BCUT2D eigenvalue weighted by Gasteiger charge is -2.26. The number of halogens is 1. The van der Waals surface area contributed by atoms with E-state index in [0.29, 0.717) is 0 Å². The fourth-order valence-corrected chi connectivity index (χ4v) is 5.27. The van der Waals surface area contributed by atoms with Gasteiger partial charge in [-0.25, -0.2) is 0 Å². The number of nitrogens with zero attached hydrogens (tertiary/aromatic N) is 1. The summed E-state index contributed by atoms with van der Waals surface area (Å²) in [5.41, 5.74) is 3.65. The maximum absolute atomic E-state index is 11.7. The normalized spacial score (nSPS) is 20.2. The van der Waals surface area contributed by atoms with E-state index >= 15 is 0 Å². The maximum atomic E-state index is 11.7. The lowest BCUT2D eigenvalue weighted by atomic mass is 9.82. The molecule has 1 unspecified atom stereocenters. The van der Waals surface area contributed by atoms with Crippen LogP contribution in [0.3, 0.4) is 0 Å². The second-order valence-corrected chi connectivity index (χ2v) is 9.43. The third-order valence-electron chi connectivity index (χ3n) is 6.54. The van der Waals surface area contributed by atoms with Crippen molar-refractivity contribution >= 4 is 26.7 Å². The molecule has 3 atom stereocenters. The lowest BCUT2D eigenvalue weighted by molar-refractivity contribution is 0.104. The molecule has 0 spiro atoms. The minimum atomic E-state index is -0.513. The second-order valence-electron chi connectivity index (χ2n) is 8.51. The molecular formula is C28H26BrNO. The van der Waals surface area contributed by atoms with Crippen molar-refractivity contribution in [3.63, 3.8) is 0 Å². The van der Waals surface area contributed by atoms with Crippen LogP contribution >= 0.6 is 15.9 Å². The van der Waals surface area contributed by atoms with Gasteiger partial charge in [0, 0.05) is 35.9 Å². The van der Waals surface area contributed by atoms with Gasteiger partial charge in [-0.1, -0.05) is 101 Å². The van der Waals surface area contributed by atoms with Gasteiger partial charge < -0.3 is 5.11 Å². The number of benzene rings is 4. The summed E-state index contributed by atoms with van der Waals surface area (Å²) in [6.07, 6.45) is -0.513. The second kappa shape index (κ2) is 8.96.